The van der Waals surface area contributed by atoms with Crippen LogP contribution in [0.15, 0.2) is 35.7 Å². The Bertz CT molecular complexity index is 617. The first kappa shape index (κ1) is 17.2. The highest BCUT2D eigenvalue weighted by atomic mass is 32.2. The fourth-order valence-corrected chi connectivity index (χ4v) is 4.54. The number of hydrogen-bond donors (Lipinski definition) is 0. The summed E-state index contributed by atoms with van der Waals surface area (Å²) in [6.45, 7) is 9.83. The van der Waals surface area contributed by atoms with Crippen molar-refractivity contribution < 1.29 is 13.2 Å². The summed E-state index contributed by atoms with van der Waals surface area (Å²) in [4.78, 5) is 0.430. The van der Waals surface area contributed by atoms with Crippen LogP contribution in [0.25, 0.3) is 0 Å². The molecular formula is C17H25NO3S. The predicted molar refractivity (Wildman–Crippen MR) is 88.4 cm³/mol. The number of ether oxygens (including phenoxy) is 1. The summed E-state index contributed by atoms with van der Waals surface area (Å²) in [6, 6.07) is 5.50. The van der Waals surface area contributed by atoms with Gasteiger partial charge >= 0.3 is 0 Å². The monoisotopic (exact) mass is 323 g/mol. The first-order valence-corrected chi connectivity index (χ1v) is 9.15. The van der Waals surface area contributed by atoms with Gasteiger partial charge in [-0.2, -0.15) is 4.31 Å². The molecule has 0 spiro atoms. The molecule has 122 valence electrons. The van der Waals surface area contributed by atoms with Crippen molar-refractivity contribution in [3.8, 4) is 0 Å². The zero-order chi connectivity index (χ0) is 16.2. The number of aryl methyl sites for hydroxylation is 2. The van der Waals surface area contributed by atoms with E-state index < -0.39 is 10.0 Å². The molecule has 0 saturated carbocycles. The molecule has 0 bridgehead atoms. The van der Waals surface area contributed by atoms with Crippen molar-refractivity contribution in [3.05, 3.63) is 42.0 Å². The van der Waals surface area contributed by atoms with Gasteiger partial charge in [0.15, 0.2) is 0 Å². The first-order valence-electron chi connectivity index (χ1n) is 7.71. The molecule has 0 amide bonds. The predicted octanol–water partition coefficient (Wildman–Crippen LogP) is 2.91. The highest BCUT2D eigenvalue weighted by molar-refractivity contribution is 7.89. The molecule has 1 aromatic carbocycles. The molecule has 2 rings (SSSR count). The number of rotatable bonds is 6. The van der Waals surface area contributed by atoms with Gasteiger partial charge in [-0.25, -0.2) is 8.42 Å². The number of sulfonamides is 1. The lowest BCUT2D eigenvalue weighted by atomic mass is 9.99. The van der Waals surface area contributed by atoms with E-state index in [-0.39, 0.29) is 0 Å². The Kier molecular flexibility index (Phi) is 5.78. The molecule has 1 aliphatic heterocycles. The van der Waals surface area contributed by atoms with Gasteiger partial charge < -0.3 is 4.74 Å². The van der Waals surface area contributed by atoms with Crippen LogP contribution >= 0.6 is 0 Å². The van der Waals surface area contributed by atoms with Crippen molar-refractivity contribution in [3.63, 3.8) is 0 Å². The van der Waals surface area contributed by atoms with Crippen LogP contribution in [0, 0.1) is 19.8 Å². The molecule has 1 aromatic rings. The van der Waals surface area contributed by atoms with Crippen molar-refractivity contribution in [2.24, 2.45) is 5.92 Å². The van der Waals surface area contributed by atoms with Crippen LogP contribution in [0.2, 0.25) is 0 Å². The number of benzene rings is 1. The van der Waals surface area contributed by atoms with Crippen molar-refractivity contribution in [2.45, 2.75) is 31.6 Å². The van der Waals surface area contributed by atoms with E-state index >= 15 is 0 Å². The lowest BCUT2D eigenvalue weighted by molar-refractivity contribution is 0.0982. The average molecular weight is 323 g/mol. The highest BCUT2D eigenvalue weighted by Gasteiger charge is 2.30. The second-order valence-electron chi connectivity index (χ2n) is 5.94. The van der Waals surface area contributed by atoms with Crippen molar-refractivity contribution in [2.75, 3.05) is 26.3 Å². The highest BCUT2D eigenvalue weighted by Crippen LogP contribution is 2.26. The summed E-state index contributed by atoms with van der Waals surface area (Å²) < 4.78 is 32.6. The van der Waals surface area contributed by atoms with Gasteiger partial charge in [0.2, 0.25) is 10.0 Å². The van der Waals surface area contributed by atoms with Gasteiger partial charge in [0.25, 0.3) is 0 Å². The van der Waals surface area contributed by atoms with Gasteiger partial charge in [0.1, 0.15) is 0 Å². The van der Waals surface area contributed by atoms with E-state index in [1.165, 1.54) is 0 Å². The Morgan fingerprint density at radius 2 is 2.00 bits per heavy atom. The van der Waals surface area contributed by atoms with Gasteiger partial charge in [-0.05, 0) is 44.2 Å². The van der Waals surface area contributed by atoms with Crippen molar-refractivity contribution in [1.82, 2.24) is 4.31 Å². The minimum atomic E-state index is -3.38. The first-order chi connectivity index (χ1) is 10.4. The molecule has 0 radical (unpaired) electrons. The molecule has 0 atom stereocenters. The minimum absolute atomic E-state index is 0.430. The molecule has 1 heterocycles. The van der Waals surface area contributed by atoms with E-state index in [0.717, 1.165) is 24.0 Å². The third-order valence-corrected chi connectivity index (χ3v) is 6.17. The number of nitrogens with zero attached hydrogens (tertiary/aromatic N) is 1. The summed E-state index contributed by atoms with van der Waals surface area (Å²) in [6.07, 6.45) is 3.43. The van der Waals surface area contributed by atoms with Crippen molar-refractivity contribution >= 4 is 10.0 Å². The second kappa shape index (κ2) is 7.40. The SMILES string of the molecule is C=CCOCC1CCN(S(=O)(=O)c2ccc(C)cc2C)CC1. The fourth-order valence-electron chi connectivity index (χ4n) is 2.86. The Hall–Kier alpha value is -1.17. The lowest BCUT2D eigenvalue weighted by Crippen LogP contribution is -2.39. The van der Waals surface area contributed by atoms with E-state index in [1.807, 2.05) is 26.0 Å². The van der Waals surface area contributed by atoms with Crippen LogP contribution in [0.5, 0.6) is 0 Å². The van der Waals surface area contributed by atoms with Crippen LogP contribution in [-0.4, -0.2) is 39.0 Å². The van der Waals surface area contributed by atoms with Gasteiger partial charge in [0, 0.05) is 19.7 Å². The average Bonchev–Trinajstić information content (AvgIpc) is 2.47. The molecule has 0 aromatic heterocycles. The summed E-state index contributed by atoms with van der Waals surface area (Å²) in [5.41, 5.74) is 1.89. The Labute approximate surface area is 133 Å². The molecular weight excluding hydrogens is 298 g/mol. The molecule has 0 aliphatic carbocycles. The van der Waals surface area contributed by atoms with E-state index in [4.69, 9.17) is 4.74 Å². The van der Waals surface area contributed by atoms with Gasteiger partial charge in [-0.15, -0.1) is 6.58 Å². The summed E-state index contributed by atoms with van der Waals surface area (Å²) in [5, 5.41) is 0. The standard InChI is InChI=1S/C17H25NO3S/c1-4-11-21-13-16-7-9-18(10-8-16)22(19,20)17-6-5-14(2)12-15(17)3/h4-6,12,16H,1,7-11,13H2,2-3H3. The van der Waals surface area contributed by atoms with Crippen LogP contribution in [0.1, 0.15) is 24.0 Å². The zero-order valence-electron chi connectivity index (χ0n) is 13.4. The molecule has 0 unspecified atom stereocenters. The van der Waals surface area contributed by atoms with Crippen LogP contribution in [0.4, 0.5) is 0 Å². The zero-order valence-corrected chi connectivity index (χ0v) is 14.2. The third kappa shape index (κ3) is 3.97. The fraction of sp³-hybridized carbons (Fsp3) is 0.529. The van der Waals surface area contributed by atoms with E-state index in [0.29, 0.717) is 37.1 Å². The summed E-state index contributed by atoms with van der Waals surface area (Å²) in [7, 11) is -3.38. The van der Waals surface area contributed by atoms with Gasteiger partial charge in [-0.3, -0.25) is 0 Å². The van der Waals surface area contributed by atoms with E-state index in [1.54, 1.807) is 16.4 Å². The Morgan fingerprint density at radius 1 is 1.32 bits per heavy atom. The van der Waals surface area contributed by atoms with E-state index in [9.17, 15) is 8.42 Å². The minimum Gasteiger partial charge on any atom is -0.377 e. The summed E-state index contributed by atoms with van der Waals surface area (Å²) >= 11 is 0. The maximum absolute atomic E-state index is 12.8. The Morgan fingerprint density at radius 3 is 2.59 bits per heavy atom. The third-order valence-electron chi connectivity index (χ3n) is 4.11. The molecule has 1 saturated heterocycles. The van der Waals surface area contributed by atoms with Crippen LogP contribution in [-0.2, 0) is 14.8 Å². The number of hydrogen-bond acceptors (Lipinski definition) is 3. The molecule has 1 aliphatic rings. The second-order valence-corrected chi connectivity index (χ2v) is 7.85. The molecule has 1 fully saturated rings. The Balaban J connectivity index is 2.02. The lowest BCUT2D eigenvalue weighted by Gasteiger charge is -2.31. The molecule has 0 N–H and O–H groups in total. The normalized spacial score (nSPS) is 17.5. The maximum Gasteiger partial charge on any atom is 0.243 e. The summed E-state index contributed by atoms with van der Waals surface area (Å²) in [5.74, 6) is 0.436. The van der Waals surface area contributed by atoms with Crippen molar-refractivity contribution in [1.29, 1.82) is 0 Å². The van der Waals surface area contributed by atoms with Crippen LogP contribution < -0.4 is 0 Å². The maximum atomic E-state index is 12.8. The molecule has 5 heteroatoms. The largest absolute Gasteiger partial charge is 0.377 e. The van der Waals surface area contributed by atoms with Gasteiger partial charge in [0.05, 0.1) is 11.5 Å². The quantitative estimate of drug-likeness (QED) is 0.597. The smallest absolute Gasteiger partial charge is 0.243 e. The molecule has 4 nitrogen and oxygen atoms in total. The number of piperidine rings is 1. The van der Waals surface area contributed by atoms with E-state index in [2.05, 4.69) is 6.58 Å². The molecule has 22 heavy (non-hydrogen) atoms. The van der Waals surface area contributed by atoms with Crippen LogP contribution in [0.3, 0.4) is 0 Å². The van der Waals surface area contributed by atoms with Gasteiger partial charge in [-0.1, -0.05) is 23.8 Å². The topological polar surface area (TPSA) is 46.6 Å².